The zero-order valence-electron chi connectivity index (χ0n) is 10.8. The van der Waals surface area contributed by atoms with E-state index in [0.717, 1.165) is 0 Å². The van der Waals surface area contributed by atoms with Crippen molar-refractivity contribution in [3.63, 3.8) is 0 Å². The van der Waals surface area contributed by atoms with Crippen LogP contribution in [0.1, 0.15) is 6.42 Å². The van der Waals surface area contributed by atoms with Crippen LogP contribution >= 0.6 is 0 Å². The Morgan fingerprint density at radius 2 is 1.85 bits per heavy atom. The van der Waals surface area contributed by atoms with Crippen LogP contribution < -0.4 is 10.6 Å². The molecule has 1 aliphatic heterocycles. The Morgan fingerprint density at radius 3 is 2.40 bits per heavy atom. The van der Waals surface area contributed by atoms with Crippen LogP contribution in [0, 0.1) is 5.82 Å². The molecule has 2 heterocycles. The fourth-order valence-corrected chi connectivity index (χ4v) is 2.15. The Morgan fingerprint density at radius 1 is 1.20 bits per heavy atom. The molecule has 1 fully saturated rings. The lowest BCUT2D eigenvalue weighted by Gasteiger charge is -2.35. The van der Waals surface area contributed by atoms with E-state index in [4.69, 9.17) is 5.73 Å². The van der Waals surface area contributed by atoms with Gasteiger partial charge in [0.2, 0.25) is 0 Å². The average Bonchev–Trinajstić information content (AvgIpc) is 2.36. The molecule has 0 saturated carbocycles. The first kappa shape index (κ1) is 14.8. The maximum absolute atomic E-state index is 13.7. The molecule has 1 aromatic rings. The van der Waals surface area contributed by atoms with Gasteiger partial charge < -0.3 is 10.6 Å². The Hall–Kier alpha value is -1.57. The minimum absolute atomic E-state index is 0.0189. The lowest BCUT2D eigenvalue weighted by molar-refractivity contribution is -0.138. The molecule has 0 aromatic carbocycles. The number of nitrogens with two attached hydrogens (primary N) is 1. The third kappa shape index (κ3) is 3.96. The largest absolute Gasteiger partial charge is 0.397 e. The van der Waals surface area contributed by atoms with Gasteiger partial charge in [0.25, 0.3) is 0 Å². The molecule has 0 atom stereocenters. The summed E-state index contributed by atoms with van der Waals surface area (Å²) in [5.74, 6) is -0.302. The van der Waals surface area contributed by atoms with E-state index in [1.54, 1.807) is 9.80 Å². The molecular formula is C12H16F4N4. The van der Waals surface area contributed by atoms with Gasteiger partial charge in [0.05, 0.1) is 18.3 Å². The predicted molar refractivity (Wildman–Crippen MR) is 67.9 cm³/mol. The van der Waals surface area contributed by atoms with E-state index < -0.39 is 18.4 Å². The molecule has 2 rings (SSSR count). The van der Waals surface area contributed by atoms with Crippen LogP contribution in [0.2, 0.25) is 0 Å². The van der Waals surface area contributed by atoms with Gasteiger partial charge in [0.15, 0.2) is 11.6 Å². The van der Waals surface area contributed by atoms with Crippen molar-refractivity contribution in [3.8, 4) is 0 Å². The number of nitrogens with zero attached hydrogens (tertiary/aromatic N) is 3. The fraction of sp³-hybridized carbons (Fsp3) is 0.583. The van der Waals surface area contributed by atoms with E-state index in [1.165, 1.54) is 12.3 Å². The van der Waals surface area contributed by atoms with E-state index >= 15 is 0 Å². The third-order valence-electron chi connectivity index (χ3n) is 3.23. The van der Waals surface area contributed by atoms with Gasteiger partial charge in [-0.25, -0.2) is 9.37 Å². The summed E-state index contributed by atoms with van der Waals surface area (Å²) < 4.78 is 50.1. The van der Waals surface area contributed by atoms with Crippen molar-refractivity contribution in [1.82, 2.24) is 9.88 Å². The van der Waals surface area contributed by atoms with Gasteiger partial charge in [-0.15, -0.1) is 0 Å². The van der Waals surface area contributed by atoms with Crippen LogP contribution in [0.3, 0.4) is 0 Å². The first-order valence-corrected chi connectivity index (χ1v) is 6.30. The molecule has 1 aliphatic rings. The Balaban J connectivity index is 1.88. The second-order valence-corrected chi connectivity index (χ2v) is 4.77. The minimum atomic E-state index is -4.14. The van der Waals surface area contributed by atoms with Crippen LogP contribution in [0.4, 0.5) is 29.1 Å². The highest BCUT2D eigenvalue weighted by molar-refractivity contribution is 5.47. The van der Waals surface area contributed by atoms with Crippen molar-refractivity contribution in [1.29, 1.82) is 0 Å². The average molecular weight is 292 g/mol. The second-order valence-electron chi connectivity index (χ2n) is 4.77. The van der Waals surface area contributed by atoms with Gasteiger partial charge >= 0.3 is 6.18 Å². The lowest BCUT2D eigenvalue weighted by Crippen LogP contribution is -2.47. The summed E-state index contributed by atoms with van der Waals surface area (Å²) in [5, 5.41) is 0. The molecule has 0 amide bonds. The van der Waals surface area contributed by atoms with Crippen molar-refractivity contribution in [2.24, 2.45) is 0 Å². The topological polar surface area (TPSA) is 45.4 Å². The van der Waals surface area contributed by atoms with Crippen molar-refractivity contribution < 1.29 is 17.6 Å². The van der Waals surface area contributed by atoms with E-state index in [9.17, 15) is 17.6 Å². The molecule has 0 radical (unpaired) electrons. The quantitative estimate of drug-likeness (QED) is 0.864. The minimum Gasteiger partial charge on any atom is -0.397 e. The van der Waals surface area contributed by atoms with E-state index in [-0.39, 0.29) is 18.1 Å². The molecule has 112 valence electrons. The summed E-state index contributed by atoms with van der Waals surface area (Å²) in [4.78, 5) is 7.38. The van der Waals surface area contributed by atoms with Gasteiger partial charge in [-0.3, -0.25) is 4.90 Å². The molecular weight excluding hydrogens is 276 g/mol. The number of halogens is 4. The molecule has 4 nitrogen and oxygen atoms in total. The van der Waals surface area contributed by atoms with Gasteiger partial charge in [0.1, 0.15) is 0 Å². The van der Waals surface area contributed by atoms with Crippen molar-refractivity contribution in [2.75, 3.05) is 43.4 Å². The number of pyridine rings is 1. The maximum atomic E-state index is 13.7. The smallest absolute Gasteiger partial charge is 0.390 e. The number of piperazine rings is 1. The van der Waals surface area contributed by atoms with Crippen LogP contribution in [0.5, 0.6) is 0 Å². The first-order chi connectivity index (χ1) is 9.35. The molecule has 0 spiro atoms. The maximum Gasteiger partial charge on any atom is 0.390 e. The predicted octanol–water partition coefficient (Wildman–Crippen LogP) is 1.88. The van der Waals surface area contributed by atoms with E-state index in [0.29, 0.717) is 26.2 Å². The van der Waals surface area contributed by atoms with Gasteiger partial charge in [-0.05, 0) is 0 Å². The zero-order chi connectivity index (χ0) is 14.8. The summed E-state index contributed by atoms with van der Waals surface area (Å²) in [7, 11) is 0. The van der Waals surface area contributed by atoms with Crippen molar-refractivity contribution in [3.05, 3.63) is 18.1 Å². The highest BCUT2D eigenvalue weighted by Gasteiger charge is 2.29. The molecule has 1 aromatic heterocycles. The number of anilines is 2. The molecule has 8 heteroatoms. The number of nitrogen functional groups attached to an aromatic ring is 1. The fourth-order valence-electron chi connectivity index (χ4n) is 2.15. The van der Waals surface area contributed by atoms with Crippen LogP contribution in [-0.2, 0) is 0 Å². The molecule has 20 heavy (non-hydrogen) atoms. The van der Waals surface area contributed by atoms with Crippen LogP contribution in [0.25, 0.3) is 0 Å². The Labute approximate surface area is 114 Å². The van der Waals surface area contributed by atoms with Gasteiger partial charge in [-0.1, -0.05) is 0 Å². The van der Waals surface area contributed by atoms with E-state index in [1.807, 2.05) is 0 Å². The zero-order valence-corrected chi connectivity index (χ0v) is 10.8. The third-order valence-corrected chi connectivity index (χ3v) is 3.23. The van der Waals surface area contributed by atoms with Crippen molar-refractivity contribution >= 4 is 11.5 Å². The SMILES string of the molecule is Nc1cnc(N2CCN(CCC(F)(F)F)CC2)c(F)c1. The summed E-state index contributed by atoms with van der Waals surface area (Å²) in [6.07, 6.45) is -3.59. The number of hydrogen-bond donors (Lipinski definition) is 1. The van der Waals surface area contributed by atoms with E-state index in [2.05, 4.69) is 4.98 Å². The normalized spacial score (nSPS) is 17.5. The highest BCUT2D eigenvalue weighted by atomic mass is 19.4. The summed E-state index contributed by atoms with van der Waals surface area (Å²) in [6, 6.07) is 1.19. The molecule has 0 unspecified atom stereocenters. The lowest BCUT2D eigenvalue weighted by atomic mass is 10.2. The summed E-state index contributed by atoms with van der Waals surface area (Å²) in [6.45, 7) is 1.80. The number of hydrogen-bond acceptors (Lipinski definition) is 4. The van der Waals surface area contributed by atoms with Crippen LogP contribution in [0.15, 0.2) is 12.3 Å². The molecule has 0 aliphatic carbocycles. The molecule has 2 N–H and O–H groups in total. The van der Waals surface area contributed by atoms with Crippen molar-refractivity contribution in [2.45, 2.75) is 12.6 Å². The standard InChI is InChI=1S/C12H16F4N4/c13-10-7-9(17)8-18-11(10)20-5-3-19(4-6-20)2-1-12(14,15)16/h7-8H,1-6,17H2. The molecule has 1 saturated heterocycles. The van der Waals surface area contributed by atoms with Gasteiger partial charge in [0, 0.05) is 38.8 Å². The Bertz CT molecular complexity index is 455. The first-order valence-electron chi connectivity index (χ1n) is 6.30. The highest BCUT2D eigenvalue weighted by Crippen LogP contribution is 2.22. The number of aromatic nitrogens is 1. The number of rotatable bonds is 3. The van der Waals surface area contributed by atoms with Crippen LogP contribution in [-0.4, -0.2) is 48.8 Å². The molecule has 0 bridgehead atoms. The summed E-state index contributed by atoms with van der Waals surface area (Å²) >= 11 is 0. The Kier molecular flexibility index (Phi) is 4.32. The van der Waals surface area contributed by atoms with Gasteiger partial charge in [-0.2, -0.15) is 13.2 Å². The number of alkyl halides is 3. The second kappa shape index (κ2) is 5.82. The monoisotopic (exact) mass is 292 g/mol. The summed E-state index contributed by atoms with van der Waals surface area (Å²) in [5.41, 5.74) is 5.67.